The minimum atomic E-state index is -0.751. The Morgan fingerprint density at radius 1 is 0.810 bits per heavy atom. The van der Waals surface area contributed by atoms with Crippen molar-refractivity contribution >= 4 is 24.4 Å². The third-order valence-electron chi connectivity index (χ3n) is 1.96. The van der Waals surface area contributed by atoms with E-state index in [9.17, 15) is 19.2 Å². The molecule has 0 bridgehead atoms. The average molecular weight is 296 g/mol. The molecule has 0 saturated carbocycles. The van der Waals surface area contributed by atoms with E-state index in [0.717, 1.165) is 20.8 Å². The largest absolute Gasteiger partial charge is 0.425 e. The van der Waals surface area contributed by atoms with Gasteiger partial charge < -0.3 is 18.9 Å². The molecular weight excluding hydrogens is 284 g/mol. The van der Waals surface area contributed by atoms with Crippen molar-refractivity contribution in [2.45, 2.75) is 20.8 Å². The van der Waals surface area contributed by atoms with Crippen LogP contribution in [0.1, 0.15) is 20.8 Å². The van der Waals surface area contributed by atoms with Crippen molar-refractivity contribution < 1.29 is 38.1 Å². The first-order valence-electron chi connectivity index (χ1n) is 5.67. The monoisotopic (exact) mass is 296 g/mol. The van der Waals surface area contributed by atoms with Gasteiger partial charge in [-0.05, 0) is 12.1 Å². The highest BCUT2D eigenvalue weighted by Gasteiger charge is 2.23. The van der Waals surface area contributed by atoms with Gasteiger partial charge in [-0.25, -0.2) is 0 Å². The highest BCUT2D eigenvalue weighted by Crippen LogP contribution is 2.44. The molecule has 0 aromatic heterocycles. The van der Waals surface area contributed by atoms with E-state index < -0.39 is 17.9 Å². The normalized spacial score (nSPS) is 9.48. The molecule has 0 atom stereocenters. The summed E-state index contributed by atoms with van der Waals surface area (Å²) >= 11 is 0. The molecule has 0 radical (unpaired) electrons. The van der Waals surface area contributed by atoms with Crippen LogP contribution in [0.4, 0.5) is 0 Å². The van der Waals surface area contributed by atoms with Crippen LogP contribution in [0.5, 0.6) is 23.0 Å². The number of carbonyl (C=O) groups is 4. The predicted octanol–water partition coefficient (Wildman–Crippen LogP) is 0.998. The second-order valence-electron chi connectivity index (χ2n) is 3.72. The lowest BCUT2D eigenvalue weighted by atomic mass is 10.2. The molecule has 112 valence electrons. The van der Waals surface area contributed by atoms with E-state index in [1.54, 1.807) is 0 Å². The summed E-state index contributed by atoms with van der Waals surface area (Å²) in [4.78, 5) is 43.8. The quantitative estimate of drug-likeness (QED) is 0.450. The summed E-state index contributed by atoms with van der Waals surface area (Å²) < 4.78 is 19.2. The Morgan fingerprint density at radius 2 is 1.24 bits per heavy atom. The standard InChI is InChI=1S/C13H12O8/c1-7(15)19-11-5-4-10(18-6-14)12(20-8(2)16)13(11)21-9(3)17/h4-6H,1-3H3. The van der Waals surface area contributed by atoms with Gasteiger partial charge in [-0.3, -0.25) is 19.2 Å². The SMILES string of the molecule is CC(=O)Oc1ccc(OC=O)c(OC(C)=O)c1OC(C)=O. The number of ether oxygens (including phenoxy) is 4. The van der Waals surface area contributed by atoms with E-state index in [4.69, 9.17) is 14.2 Å². The van der Waals surface area contributed by atoms with Crippen LogP contribution in [-0.2, 0) is 19.2 Å². The number of carbonyl (C=O) groups excluding carboxylic acids is 4. The lowest BCUT2D eigenvalue weighted by Crippen LogP contribution is -2.11. The molecule has 0 aliphatic rings. The lowest BCUT2D eigenvalue weighted by Gasteiger charge is -2.14. The lowest BCUT2D eigenvalue weighted by molar-refractivity contribution is -0.135. The van der Waals surface area contributed by atoms with E-state index >= 15 is 0 Å². The molecule has 8 nitrogen and oxygen atoms in total. The Kier molecular flexibility index (Phi) is 5.41. The fourth-order valence-corrected chi connectivity index (χ4v) is 1.39. The fourth-order valence-electron chi connectivity index (χ4n) is 1.39. The van der Waals surface area contributed by atoms with Crippen molar-refractivity contribution in [3.8, 4) is 23.0 Å². The number of hydrogen-bond donors (Lipinski definition) is 0. The van der Waals surface area contributed by atoms with Crippen LogP contribution >= 0.6 is 0 Å². The molecular formula is C13H12O8. The molecule has 0 amide bonds. The van der Waals surface area contributed by atoms with Crippen LogP contribution in [-0.4, -0.2) is 24.4 Å². The van der Waals surface area contributed by atoms with Gasteiger partial charge in [0, 0.05) is 20.8 Å². The fraction of sp³-hybridized carbons (Fsp3) is 0.231. The zero-order chi connectivity index (χ0) is 16.0. The summed E-state index contributed by atoms with van der Waals surface area (Å²) in [7, 11) is 0. The van der Waals surface area contributed by atoms with E-state index in [1.165, 1.54) is 12.1 Å². The molecule has 0 spiro atoms. The third kappa shape index (κ3) is 4.60. The summed E-state index contributed by atoms with van der Waals surface area (Å²) in [5.74, 6) is -3.20. The highest BCUT2D eigenvalue weighted by atomic mass is 16.6. The molecule has 8 heteroatoms. The Bertz CT molecular complexity index is 590. The smallest absolute Gasteiger partial charge is 0.308 e. The maximum atomic E-state index is 11.1. The van der Waals surface area contributed by atoms with Crippen molar-refractivity contribution in [3.63, 3.8) is 0 Å². The maximum absolute atomic E-state index is 11.1. The summed E-state index contributed by atoms with van der Waals surface area (Å²) in [5.41, 5.74) is 0. The first-order valence-corrected chi connectivity index (χ1v) is 5.67. The van der Waals surface area contributed by atoms with Crippen LogP contribution < -0.4 is 18.9 Å². The second kappa shape index (κ2) is 7.04. The average Bonchev–Trinajstić information content (AvgIpc) is 2.35. The summed E-state index contributed by atoms with van der Waals surface area (Å²) in [6.07, 6.45) is 0. The third-order valence-corrected chi connectivity index (χ3v) is 1.96. The van der Waals surface area contributed by atoms with Crippen LogP contribution in [0.15, 0.2) is 12.1 Å². The van der Waals surface area contributed by atoms with Gasteiger partial charge in [0.1, 0.15) is 0 Å². The number of benzene rings is 1. The number of hydrogen-bond acceptors (Lipinski definition) is 8. The van der Waals surface area contributed by atoms with E-state index in [0.29, 0.717) is 0 Å². The minimum Gasteiger partial charge on any atom is -0.425 e. The molecule has 0 N–H and O–H groups in total. The molecule has 0 fully saturated rings. The van der Waals surface area contributed by atoms with E-state index in [-0.39, 0.29) is 29.5 Å². The molecule has 0 heterocycles. The van der Waals surface area contributed by atoms with Crippen molar-refractivity contribution in [2.24, 2.45) is 0 Å². The molecule has 21 heavy (non-hydrogen) atoms. The summed E-state index contributed by atoms with van der Waals surface area (Å²) in [6.45, 7) is 3.44. The zero-order valence-corrected chi connectivity index (χ0v) is 11.5. The van der Waals surface area contributed by atoms with Crippen molar-refractivity contribution in [1.29, 1.82) is 0 Å². The molecule has 1 aromatic rings. The molecule has 1 rings (SSSR count). The highest BCUT2D eigenvalue weighted by molar-refractivity contribution is 5.79. The Labute approximate surface area is 119 Å². The topological polar surface area (TPSA) is 105 Å². The second-order valence-corrected chi connectivity index (χ2v) is 3.72. The first kappa shape index (κ1) is 16.2. The van der Waals surface area contributed by atoms with Crippen LogP contribution in [0.25, 0.3) is 0 Å². The molecule has 0 aliphatic heterocycles. The van der Waals surface area contributed by atoms with Crippen molar-refractivity contribution in [3.05, 3.63) is 12.1 Å². The number of rotatable bonds is 5. The van der Waals surface area contributed by atoms with Gasteiger partial charge in [0.15, 0.2) is 11.5 Å². The summed E-state index contributed by atoms with van der Waals surface area (Å²) in [6, 6.07) is 2.45. The van der Waals surface area contributed by atoms with Gasteiger partial charge in [0.2, 0.25) is 11.5 Å². The van der Waals surface area contributed by atoms with Gasteiger partial charge in [-0.15, -0.1) is 0 Å². The molecule has 0 aliphatic carbocycles. The van der Waals surface area contributed by atoms with Crippen LogP contribution in [0, 0.1) is 0 Å². The Hall–Kier alpha value is -2.90. The Balaban J connectivity index is 3.45. The maximum Gasteiger partial charge on any atom is 0.308 e. The zero-order valence-electron chi connectivity index (χ0n) is 11.5. The van der Waals surface area contributed by atoms with Gasteiger partial charge in [0.05, 0.1) is 0 Å². The van der Waals surface area contributed by atoms with Crippen LogP contribution in [0.2, 0.25) is 0 Å². The minimum absolute atomic E-state index is 0.103. The van der Waals surface area contributed by atoms with Gasteiger partial charge in [-0.2, -0.15) is 0 Å². The van der Waals surface area contributed by atoms with Crippen molar-refractivity contribution in [2.75, 3.05) is 0 Å². The Morgan fingerprint density at radius 3 is 1.67 bits per heavy atom. The van der Waals surface area contributed by atoms with Gasteiger partial charge in [-0.1, -0.05) is 0 Å². The number of esters is 3. The molecule has 0 saturated heterocycles. The first-order chi connectivity index (χ1) is 9.85. The van der Waals surface area contributed by atoms with Crippen molar-refractivity contribution in [1.82, 2.24) is 0 Å². The molecule has 0 unspecified atom stereocenters. The van der Waals surface area contributed by atoms with E-state index in [1.807, 2.05) is 0 Å². The van der Waals surface area contributed by atoms with E-state index in [2.05, 4.69) is 4.74 Å². The molecule has 1 aromatic carbocycles. The van der Waals surface area contributed by atoms with Crippen LogP contribution in [0.3, 0.4) is 0 Å². The summed E-state index contributed by atoms with van der Waals surface area (Å²) in [5, 5.41) is 0. The van der Waals surface area contributed by atoms with Gasteiger partial charge >= 0.3 is 17.9 Å². The predicted molar refractivity (Wildman–Crippen MR) is 67.1 cm³/mol. The van der Waals surface area contributed by atoms with Gasteiger partial charge in [0.25, 0.3) is 6.47 Å².